The largest absolute Gasteiger partial charge is 0.297 e. The Bertz CT molecular complexity index is 1280. The minimum atomic E-state index is -3.72. The topological polar surface area (TPSA) is 76.3 Å². The summed E-state index contributed by atoms with van der Waals surface area (Å²) in [6, 6.07) is 9.37. The molecule has 3 aromatic rings. The van der Waals surface area contributed by atoms with E-state index in [-0.39, 0.29) is 4.90 Å². The summed E-state index contributed by atoms with van der Waals surface area (Å²) in [5.41, 5.74) is 0.975. The van der Waals surface area contributed by atoms with Crippen molar-refractivity contribution in [3.05, 3.63) is 59.4 Å². The van der Waals surface area contributed by atoms with Gasteiger partial charge in [0, 0.05) is 50.2 Å². The lowest BCUT2D eigenvalue weighted by Crippen LogP contribution is -2.48. The summed E-state index contributed by atoms with van der Waals surface area (Å²) in [5.74, 6) is 0.280. The molecular weight excluding hydrogens is 451 g/mol. The van der Waals surface area contributed by atoms with E-state index in [9.17, 15) is 12.8 Å². The Morgan fingerprint density at radius 3 is 2.44 bits per heavy atom. The molecule has 2 aromatic heterocycles. The van der Waals surface area contributed by atoms with E-state index >= 15 is 0 Å². The number of piperazine rings is 1. The first-order valence-electron chi connectivity index (χ1n) is 10.5. The molecule has 1 aliphatic heterocycles. The minimum absolute atomic E-state index is 0.0154. The van der Waals surface area contributed by atoms with Gasteiger partial charge in [0.2, 0.25) is 10.0 Å². The average molecular weight is 475 g/mol. The fraction of sp³-hybridized carbons (Fsp3) is 0.381. The summed E-state index contributed by atoms with van der Waals surface area (Å²) in [6.45, 7) is 2.22. The number of hydrogen-bond acceptors (Lipinski definition) is 6. The Morgan fingerprint density at radius 2 is 1.78 bits per heavy atom. The van der Waals surface area contributed by atoms with Gasteiger partial charge in [-0.3, -0.25) is 14.5 Å². The molecular formula is C21H23FN6O2S2. The van der Waals surface area contributed by atoms with Crippen LogP contribution in [0.1, 0.15) is 18.9 Å². The third-order valence-electron chi connectivity index (χ3n) is 5.82. The van der Waals surface area contributed by atoms with Crippen LogP contribution < -0.4 is 0 Å². The van der Waals surface area contributed by atoms with Crippen molar-refractivity contribution in [3.8, 4) is 11.4 Å². The second-order valence-corrected chi connectivity index (χ2v) is 10.4. The van der Waals surface area contributed by atoms with Crippen LogP contribution in [0.15, 0.2) is 53.7 Å². The second kappa shape index (κ2) is 8.47. The summed E-state index contributed by atoms with van der Waals surface area (Å²) in [5, 5.41) is 4.79. The molecule has 2 fully saturated rings. The van der Waals surface area contributed by atoms with Gasteiger partial charge in [0.1, 0.15) is 5.82 Å². The molecule has 0 bridgehead atoms. The highest BCUT2D eigenvalue weighted by atomic mass is 32.2. The maximum absolute atomic E-state index is 13.5. The summed E-state index contributed by atoms with van der Waals surface area (Å²) in [4.78, 5) is 6.20. The van der Waals surface area contributed by atoms with Gasteiger partial charge in [-0.15, -0.1) is 0 Å². The minimum Gasteiger partial charge on any atom is -0.297 e. The lowest BCUT2D eigenvalue weighted by atomic mass is 10.2. The molecule has 1 aliphatic carbocycles. The lowest BCUT2D eigenvalue weighted by Gasteiger charge is -2.33. The summed E-state index contributed by atoms with van der Waals surface area (Å²) < 4.78 is 45.2. The second-order valence-electron chi connectivity index (χ2n) is 8.06. The predicted octanol–water partition coefficient (Wildman–Crippen LogP) is 2.91. The molecule has 32 heavy (non-hydrogen) atoms. The summed E-state index contributed by atoms with van der Waals surface area (Å²) >= 11 is 5.74. The van der Waals surface area contributed by atoms with Crippen LogP contribution in [-0.2, 0) is 16.7 Å². The molecule has 0 N–H and O–H groups in total. The Hall–Kier alpha value is -2.47. The molecule has 168 valence electrons. The van der Waals surface area contributed by atoms with Gasteiger partial charge in [0.05, 0.1) is 11.6 Å². The fourth-order valence-electron chi connectivity index (χ4n) is 3.95. The Morgan fingerprint density at radius 1 is 1.06 bits per heavy atom. The summed E-state index contributed by atoms with van der Waals surface area (Å²) in [7, 11) is -3.72. The van der Waals surface area contributed by atoms with Crippen molar-refractivity contribution in [2.75, 3.05) is 26.2 Å². The molecule has 0 spiro atoms. The van der Waals surface area contributed by atoms with E-state index in [1.807, 2.05) is 16.8 Å². The van der Waals surface area contributed by atoms with Gasteiger partial charge in [-0.05, 0) is 55.4 Å². The van der Waals surface area contributed by atoms with Crippen molar-refractivity contribution in [2.24, 2.45) is 0 Å². The van der Waals surface area contributed by atoms with Crippen molar-refractivity contribution >= 4 is 22.2 Å². The highest BCUT2D eigenvalue weighted by Gasteiger charge is 2.31. The number of benzene rings is 1. The first-order valence-corrected chi connectivity index (χ1v) is 12.4. The first kappa shape index (κ1) is 21.4. The van der Waals surface area contributed by atoms with Crippen molar-refractivity contribution in [1.82, 2.24) is 28.5 Å². The number of pyridine rings is 1. The highest BCUT2D eigenvalue weighted by molar-refractivity contribution is 7.89. The highest BCUT2D eigenvalue weighted by Crippen LogP contribution is 2.38. The Balaban J connectivity index is 1.31. The van der Waals surface area contributed by atoms with Gasteiger partial charge in [0.25, 0.3) is 0 Å². The van der Waals surface area contributed by atoms with Crippen LogP contribution in [-0.4, -0.2) is 63.1 Å². The van der Waals surface area contributed by atoms with E-state index in [2.05, 4.69) is 14.5 Å². The lowest BCUT2D eigenvalue weighted by molar-refractivity contribution is 0.144. The van der Waals surface area contributed by atoms with Gasteiger partial charge in [-0.1, -0.05) is 6.07 Å². The van der Waals surface area contributed by atoms with Crippen molar-refractivity contribution in [1.29, 1.82) is 0 Å². The number of aromatic nitrogens is 4. The third kappa shape index (κ3) is 4.13. The molecule has 0 atom stereocenters. The van der Waals surface area contributed by atoms with Crippen LogP contribution in [0.3, 0.4) is 0 Å². The normalized spacial score (nSPS) is 18.2. The number of rotatable bonds is 6. The van der Waals surface area contributed by atoms with E-state index in [0.29, 0.717) is 43.7 Å². The maximum atomic E-state index is 13.5. The zero-order chi connectivity index (χ0) is 22.3. The molecule has 5 rings (SSSR count). The molecule has 1 saturated heterocycles. The SMILES string of the molecule is O=S(=O)(c1cccc(F)c1)N1CCN(Cn2nc(-c3ccncc3)n(C3CC3)c2=S)CC1. The van der Waals surface area contributed by atoms with Crippen molar-refractivity contribution < 1.29 is 12.8 Å². The van der Waals surface area contributed by atoms with Crippen molar-refractivity contribution in [3.63, 3.8) is 0 Å². The van der Waals surface area contributed by atoms with Crippen LogP contribution in [0.4, 0.5) is 4.39 Å². The van der Waals surface area contributed by atoms with Crippen LogP contribution in [0.5, 0.6) is 0 Å². The first-order chi connectivity index (χ1) is 15.4. The van der Waals surface area contributed by atoms with Crippen LogP contribution >= 0.6 is 12.2 Å². The number of sulfonamides is 1. The van der Waals surface area contributed by atoms with E-state index in [1.165, 1.54) is 22.5 Å². The Labute approximate surface area is 191 Å². The smallest absolute Gasteiger partial charge is 0.243 e. The van der Waals surface area contributed by atoms with E-state index < -0.39 is 15.8 Å². The molecule has 1 aromatic carbocycles. The van der Waals surface area contributed by atoms with Crippen LogP contribution in [0, 0.1) is 10.6 Å². The van der Waals surface area contributed by atoms with Gasteiger partial charge in [0.15, 0.2) is 10.6 Å². The Kier molecular flexibility index (Phi) is 5.66. The van der Waals surface area contributed by atoms with Crippen LogP contribution in [0.2, 0.25) is 0 Å². The van der Waals surface area contributed by atoms with Gasteiger partial charge >= 0.3 is 0 Å². The van der Waals surface area contributed by atoms with Gasteiger partial charge in [-0.2, -0.15) is 9.40 Å². The van der Waals surface area contributed by atoms with Crippen LogP contribution in [0.25, 0.3) is 11.4 Å². The zero-order valence-corrected chi connectivity index (χ0v) is 19.0. The number of hydrogen-bond donors (Lipinski definition) is 0. The molecule has 0 unspecified atom stereocenters. The van der Waals surface area contributed by atoms with Gasteiger partial charge < -0.3 is 0 Å². The number of nitrogens with zero attached hydrogens (tertiary/aromatic N) is 6. The maximum Gasteiger partial charge on any atom is 0.243 e. The molecule has 8 nitrogen and oxygen atoms in total. The standard InChI is InChI=1S/C21H23FN6O2S2/c22-17-2-1-3-19(14-17)32(29,30)26-12-10-25(11-13-26)15-27-21(31)28(18-4-5-18)20(24-27)16-6-8-23-9-7-16/h1-3,6-9,14,18H,4-5,10-13,15H2. The summed E-state index contributed by atoms with van der Waals surface area (Å²) in [6.07, 6.45) is 5.67. The average Bonchev–Trinajstić information content (AvgIpc) is 3.59. The third-order valence-corrected chi connectivity index (χ3v) is 8.12. The van der Waals surface area contributed by atoms with E-state index in [1.54, 1.807) is 12.4 Å². The van der Waals surface area contributed by atoms with Crippen molar-refractivity contribution in [2.45, 2.75) is 30.4 Å². The predicted molar refractivity (Wildman–Crippen MR) is 119 cm³/mol. The molecule has 11 heteroatoms. The molecule has 3 heterocycles. The molecule has 2 aliphatic rings. The van der Waals surface area contributed by atoms with Gasteiger partial charge in [-0.25, -0.2) is 17.5 Å². The molecule has 0 radical (unpaired) electrons. The quantitative estimate of drug-likeness (QED) is 0.512. The van der Waals surface area contributed by atoms with E-state index in [4.69, 9.17) is 17.3 Å². The monoisotopic (exact) mass is 474 g/mol. The zero-order valence-electron chi connectivity index (χ0n) is 17.3. The van der Waals surface area contributed by atoms with E-state index in [0.717, 1.165) is 30.3 Å². The molecule has 1 saturated carbocycles. The molecule has 0 amide bonds. The fourth-order valence-corrected chi connectivity index (χ4v) is 5.74. The number of halogens is 1.